The molecule has 0 heterocycles. The zero-order valence-electron chi connectivity index (χ0n) is 11.0. The lowest BCUT2D eigenvalue weighted by molar-refractivity contribution is -0.351. The normalized spacial score (nSPS) is 15.7. The van der Waals surface area contributed by atoms with Crippen LogP contribution in [0.15, 0.2) is 11.5 Å². The maximum Gasteiger partial charge on any atom is 0.460 e. The standard InChI is InChI=1S/C10H10F11N/c1-3-22(4-2)6(11)5(8(14,15)16)7(12,13)9(17,18)10(19,20)21/h3-4H2,1-2H3/b6-5-. The van der Waals surface area contributed by atoms with Crippen LogP contribution >= 0.6 is 0 Å². The van der Waals surface area contributed by atoms with Crippen molar-refractivity contribution in [1.82, 2.24) is 4.90 Å². The molecular formula is C10H10F11N. The minimum atomic E-state index is -7.10. The number of halogens is 11. The molecule has 0 amide bonds. The lowest BCUT2D eigenvalue weighted by Crippen LogP contribution is -2.55. The molecule has 0 bridgehead atoms. The Kier molecular flexibility index (Phi) is 5.77. The second-order valence-corrected chi connectivity index (χ2v) is 3.98. The molecule has 0 aliphatic heterocycles. The number of alkyl halides is 10. The maximum absolute atomic E-state index is 13.5. The van der Waals surface area contributed by atoms with Crippen molar-refractivity contribution in [1.29, 1.82) is 0 Å². The number of hydrogen-bond acceptors (Lipinski definition) is 1. The van der Waals surface area contributed by atoms with Crippen molar-refractivity contribution < 1.29 is 48.3 Å². The molecule has 0 atom stereocenters. The van der Waals surface area contributed by atoms with E-state index in [4.69, 9.17) is 0 Å². The molecule has 12 heteroatoms. The van der Waals surface area contributed by atoms with Crippen molar-refractivity contribution in [3.63, 3.8) is 0 Å². The Morgan fingerprint density at radius 2 is 1.14 bits per heavy atom. The van der Waals surface area contributed by atoms with Gasteiger partial charge in [-0.2, -0.15) is 48.3 Å². The summed E-state index contributed by atoms with van der Waals surface area (Å²) in [6.45, 7) is 0.680. The molecular weight excluding hydrogens is 343 g/mol. The van der Waals surface area contributed by atoms with E-state index in [1.165, 1.54) is 0 Å². The van der Waals surface area contributed by atoms with E-state index >= 15 is 0 Å². The molecule has 0 spiro atoms. The molecule has 132 valence electrons. The molecule has 0 fully saturated rings. The highest BCUT2D eigenvalue weighted by Gasteiger charge is 2.78. The molecule has 0 rings (SSSR count). The van der Waals surface area contributed by atoms with E-state index in [0.717, 1.165) is 13.8 Å². The Morgan fingerprint density at radius 1 is 0.773 bits per heavy atom. The number of hydrogen-bond donors (Lipinski definition) is 0. The minimum Gasteiger partial charge on any atom is -0.349 e. The highest BCUT2D eigenvalue weighted by atomic mass is 19.4. The average Bonchev–Trinajstić information content (AvgIpc) is 2.26. The molecule has 0 unspecified atom stereocenters. The summed E-state index contributed by atoms with van der Waals surface area (Å²) in [6.07, 6.45) is -13.4. The fraction of sp³-hybridized carbons (Fsp3) is 0.800. The molecule has 0 radical (unpaired) electrons. The molecule has 0 aliphatic rings. The van der Waals surface area contributed by atoms with Crippen molar-refractivity contribution in [2.45, 2.75) is 38.0 Å². The van der Waals surface area contributed by atoms with Crippen molar-refractivity contribution in [2.24, 2.45) is 0 Å². The third-order valence-electron chi connectivity index (χ3n) is 2.60. The Labute approximate surface area is 117 Å². The monoisotopic (exact) mass is 353 g/mol. The first-order valence-electron chi connectivity index (χ1n) is 5.60. The Bertz CT molecular complexity index is 414. The predicted molar refractivity (Wildman–Crippen MR) is 53.1 cm³/mol. The molecule has 22 heavy (non-hydrogen) atoms. The zero-order valence-corrected chi connectivity index (χ0v) is 11.0. The van der Waals surface area contributed by atoms with Gasteiger partial charge in [0.05, 0.1) is 0 Å². The summed E-state index contributed by atoms with van der Waals surface area (Å²) in [4.78, 5) is -0.0524. The van der Waals surface area contributed by atoms with Gasteiger partial charge in [-0.15, -0.1) is 0 Å². The molecule has 1 nitrogen and oxygen atoms in total. The summed E-state index contributed by atoms with van der Waals surface area (Å²) in [5, 5.41) is 0. The Morgan fingerprint density at radius 3 is 1.36 bits per heavy atom. The van der Waals surface area contributed by atoms with Gasteiger partial charge in [-0.3, -0.25) is 0 Å². The second kappa shape index (κ2) is 6.11. The van der Waals surface area contributed by atoms with Gasteiger partial charge in [0.15, 0.2) is 5.57 Å². The second-order valence-electron chi connectivity index (χ2n) is 3.98. The van der Waals surface area contributed by atoms with Crippen molar-refractivity contribution in [3.8, 4) is 0 Å². The van der Waals surface area contributed by atoms with Gasteiger partial charge in [0, 0.05) is 13.1 Å². The molecule has 0 saturated carbocycles. The number of allylic oxidation sites excluding steroid dienone is 1. The van der Waals surface area contributed by atoms with Gasteiger partial charge in [0.25, 0.3) is 0 Å². The summed E-state index contributed by atoms with van der Waals surface area (Å²) in [6, 6.07) is 0. The molecule has 0 aromatic carbocycles. The van der Waals surface area contributed by atoms with Crippen LogP contribution in [0.3, 0.4) is 0 Å². The Balaban J connectivity index is 6.43. The number of rotatable bonds is 5. The van der Waals surface area contributed by atoms with E-state index in [-0.39, 0.29) is 4.90 Å². The third kappa shape index (κ3) is 3.57. The zero-order chi connectivity index (χ0) is 18.1. The summed E-state index contributed by atoms with van der Waals surface area (Å²) < 4.78 is 139. The van der Waals surface area contributed by atoms with Crippen LogP contribution in [0, 0.1) is 0 Å². The van der Waals surface area contributed by atoms with E-state index in [0.29, 0.717) is 0 Å². The Hall–Kier alpha value is -1.23. The summed E-state index contributed by atoms with van der Waals surface area (Å²) in [5.74, 6) is -16.8. The van der Waals surface area contributed by atoms with Crippen molar-refractivity contribution >= 4 is 0 Å². The van der Waals surface area contributed by atoms with Gasteiger partial charge in [0.2, 0.25) is 5.95 Å². The quantitative estimate of drug-likeness (QED) is 0.502. The van der Waals surface area contributed by atoms with E-state index < -0.39 is 48.8 Å². The third-order valence-corrected chi connectivity index (χ3v) is 2.60. The topological polar surface area (TPSA) is 3.24 Å². The lowest BCUT2D eigenvalue weighted by Gasteiger charge is -2.32. The van der Waals surface area contributed by atoms with Gasteiger partial charge >= 0.3 is 24.2 Å². The average molecular weight is 353 g/mol. The van der Waals surface area contributed by atoms with Gasteiger partial charge in [-0.25, -0.2) is 0 Å². The van der Waals surface area contributed by atoms with Crippen LogP contribution in [0.25, 0.3) is 0 Å². The molecule has 0 saturated heterocycles. The van der Waals surface area contributed by atoms with Crippen LogP contribution in [0.1, 0.15) is 13.8 Å². The maximum atomic E-state index is 13.5. The van der Waals surface area contributed by atoms with Crippen molar-refractivity contribution in [2.75, 3.05) is 13.1 Å². The van der Waals surface area contributed by atoms with Gasteiger partial charge in [-0.05, 0) is 13.8 Å². The van der Waals surface area contributed by atoms with Crippen LogP contribution in [0.4, 0.5) is 48.3 Å². The first kappa shape index (κ1) is 20.8. The summed E-state index contributed by atoms with van der Waals surface area (Å²) in [5.41, 5.74) is -3.87. The minimum absolute atomic E-state index is 0.0524. The van der Waals surface area contributed by atoms with Crippen LogP contribution in [0.2, 0.25) is 0 Å². The smallest absolute Gasteiger partial charge is 0.349 e. The van der Waals surface area contributed by atoms with E-state index in [9.17, 15) is 48.3 Å². The van der Waals surface area contributed by atoms with Gasteiger partial charge < -0.3 is 4.90 Å². The first-order valence-corrected chi connectivity index (χ1v) is 5.60. The van der Waals surface area contributed by atoms with E-state index in [1.54, 1.807) is 0 Å². The van der Waals surface area contributed by atoms with E-state index in [2.05, 4.69) is 0 Å². The molecule has 0 aromatic rings. The predicted octanol–water partition coefficient (Wildman–Crippen LogP) is 4.90. The molecule has 0 aliphatic carbocycles. The number of nitrogens with zero attached hydrogens (tertiary/aromatic N) is 1. The highest BCUT2D eigenvalue weighted by molar-refractivity contribution is 5.26. The van der Waals surface area contributed by atoms with Gasteiger partial charge in [-0.1, -0.05) is 0 Å². The van der Waals surface area contributed by atoms with Crippen molar-refractivity contribution in [3.05, 3.63) is 11.5 Å². The van der Waals surface area contributed by atoms with Crippen LogP contribution in [-0.4, -0.2) is 42.2 Å². The summed E-state index contributed by atoms with van der Waals surface area (Å²) in [7, 11) is 0. The first-order chi connectivity index (χ1) is 9.55. The highest BCUT2D eigenvalue weighted by Crippen LogP contribution is 2.54. The van der Waals surface area contributed by atoms with E-state index in [1.807, 2.05) is 0 Å². The van der Waals surface area contributed by atoms with Crippen LogP contribution in [-0.2, 0) is 0 Å². The largest absolute Gasteiger partial charge is 0.460 e. The van der Waals surface area contributed by atoms with Gasteiger partial charge in [0.1, 0.15) is 0 Å². The molecule has 0 N–H and O–H groups in total. The lowest BCUT2D eigenvalue weighted by atomic mass is 10.0. The fourth-order valence-electron chi connectivity index (χ4n) is 1.42. The molecule has 0 aromatic heterocycles. The van der Waals surface area contributed by atoms with Crippen LogP contribution in [0.5, 0.6) is 0 Å². The van der Waals surface area contributed by atoms with Crippen LogP contribution < -0.4 is 0 Å². The SMILES string of the molecule is CCN(CC)/C(F)=C(\C(F)(F)F)C(F)(F)C(F)(F)C(F)(F)F. The fourth-order valence-corrected chi connectivity index (χ4v) is 1.42. The summed E-state index contributed by atoms with van der Waals surface area (Å²) >= 11 is 0.